The number of ether oxygens (including phenoxy) is 1. The zero-order chi connectivity index (χ0) is 18.3. The molecule has 2 atom stereocenters. The molecule has 2 heterocycles. The van der Waals surface area contributed by atoms with E-state index in [1.807, 2.05) is 18.3 Å². The van der Waals surface area contributed by atoms with E-state index in [1.54, 1.807) is 7.11 Å². The van der Waals surface area contributed by atoms with Gasteiger partial charge in [0.05, 0.1) is 11.1 Å². The Balaban J connectivity index is 1.42. The van der Waals surface area contributed by atoms with Crippen molar-refractivity contribution in [2.75, 3.05) is 20.2 Å². The molecule has 1 aromatic heterocycles. The lowest BCUT2D eigenvalue weighted by atomic mass is 9.82. The average Bonchev–Trinajstić information content (AvgIpc) is 3.47. The summed E-state index contributed by atoms with van der Waals surface area (Å²) in [4.78, 5) is 19.5. The van der Waals surface area contributed by atoms with Crippen molar-refractivity contribution in [2.24, 2.45) is 11.8 Å². The molecular weight excluding hydrogens is 324 g/mol. The van der Waals surface area contributed by atoms with E-state index in [-0.39, 0.29) is 11.5 Å². The number of hydrogen-bond acceptors (Lipinski definition) is 3. The van der Waals surface area contributed by atoms with Gasteiger partial charge in [0, 0.05) is 37.7 Å². The van der Waals surface area contributed by atoms with Gasteiger partial charge in [-0.1, -0.05) is 18.2 Å². The molecule has 2 aromatic rings. The van der Waals surface area contributed by atoms with Gasteiger partial charge < -0.3 is 9.64 Å². The second kappa shape index (κ2) is 6.66. The van der Waals surface area contributed by atoms with E-state index in [4.69, 9.17) is 4.74 Å². The molecule has 4 nitrogen and oxygen atoms in total. The van der Waals surface area contributed by atoms with Gasteiger partial charge in [-0.3, -0.25) is 9.78 Å². The largest absolute Gasteiger partial charge is 0.379 e. The topological polar surface area (TPSA) is 42.4 Å². The van der Waals surface area contributed by atoms with E-state index in [2.05, 4.69) is 41.9 Å². The summed E-state index contributed by atoms with van der Waals surface area (Å²) in [6.07, 6.45) is 4.90. The van der Waals surface area contributed by atoms with Gasteiger partial charge in [0.25, 0.3) is 0 Å². The molecule has 1 saturated heterocycles. The van der Waals surface area contributed by atoms with Gasteiger partial charge in [0.15, 0.2) is 0 Å². The highest BCUT2D eigenvalue weighted by Gasteiger charge is 2.47. The Bertz CT molecular complexity index is 803. The maximum atomic E-state index is 13.0. The Morgan fingerprint density at radius 3 is 2.65 bits per heavy atom. The van der Waals surface area contributed by atoms with E-state index < -0.39 is 0 Å². The van der Waals surface area contributed by atoms with Crippen LogP contribution in [0.2, 0.25) is 0 Å². The van der Waals surface area contributed by atoms with Crippen LogP contribution in [0.15, 0.2) is 36.5 Å². The number of benzene rings is 1. The molecule has 1 aromatic carbocycles. The van der Waals surface area contributed by atoms with E-state index in [1.165, 1.54) is 10.9 Å². The Labute approximate surface area is 155 Å². The Kier molecular flexibility index (Phi) is 4.47. The minimum Gasteiger partial charge on any atom is -0.379 e. The number of carbonyl (C=O) groups is 1. The molecule has 1 aliphatic heterocycles. The summed E-state index contributed by atoms with van der Waals surface area (Å²) in [7, 11) is 1.78. The van der Waals surface area contributed by atoms with E-state index in [0.29, 0.717) is 17.7 Å². The molecule has 0 radical (unpaired) electrons. The molecule has 1 amide bonds. The lowest BCUT2D eigenvalue weighted by Gasteiger charge is -2.40. The third kappa shape index (κ3) is 3.11. The lowest BCUT2D eigenvalue weighted by molar-refractivity contribution is -0.136. The summed E-state index contributed by atoms with van der Waals surface area (Å²) in [6, 6.07) is 10.3. The first kappa shape index (κ1) is 17.5. The summed E-state index contributed by atoms with van der Waals surface area (Å²) < 4.78 is 5.64. The zero-order valence-electron chi connectivity index (χ0n) is 15.9. The number of amides is 1. The van der Waals surface area contributed by atoms with Gasteiger partial charge in [0.1, 0.15) is 0 Å². The van der Waals surface area contributed by atoms with Crippen LogP contribution in [0.25, 0.3) is 10.9 Å². The smallest absolute Gasteiger partial charge is 0.226 e. The molecule has 0 N–H and O–H groups in total. The molecule has 0 spiro atoms. The van der Waals surface area contributed by atoms with Crippen molar-refractivity contribution in [3.8, 4) is 0 Å². The molecule has 0 unspecified atom stereocenters. The normalized spacial score (nSPS) is 24.0. The number of carbonyl (C=O) groups excluding carboxylic acids is 1. The summed E-state index contributed by atoms with van der Waals surface area (Å²) in [5, 5.41) is 1.19. The predicted molar refractivity (Wildman–Crippen MR) is 103 cm³/mol. The van der Waals surface area contributed by atoms with Crippen molar-refractivity contribution in [3.63, 3.8) is 0 Å². The van der Waals surface area contributed by atoms with Crippen LogP contribution in [0.4, 0.5) is 0 Å². The second-order valence-electron chi connectivity index (χ2n) is 8.27. The quantitative estimate of drug-likeness (QED) is 0.835. The lowest BCUT2D eigenvalue weighted by Crippen LogP contribution is -2.45. The fourth-order valence-electron chi connectivity index (χ4n) is 4.45. The van der Waals surface area contributed by atoms with E-state index in [0.717, 1.165) is 37.9 Å². The summed E-state index contributed by atoms with van der Waals surface area (Å²) in [5.74, 6) is 1.36. The number of pyridine rings is 1. The number of fused-ring (bicyclic) bond motifs is 1. The van der Waals surface area contributed by atoms with Gasteiger partial charge in [-0.2, -0.15) is 0 Å². The molecule has 2 fully saturated rings. The van der Waals surface area contributed by atoms with Gasteiger partial charge in [-0.25, -0.2) is 0 Å². The molecule has 26 heavy (non-hydrogen) atoms. The predicted octanol–water partition coefficient (Wildman–Crippen LogP) is 4.00. The van der Waals surface area contributed by atoms with Crippen LogP contribution in [-0.2, 0) is 9.53 Å². The van der Waals surface area contributed by atoms with E-state index >= 15 is 0 Å². The maximum Gasteiger partial charge on any atom is 0.226 e. The van der Waals surface area contributed by atoms with Crippen molar-refractivity contribution in [1.82, 2.24) is 9.88 Å². The van der Waals surface area contributed by atoms with Crippen molar-refractivity contribution in [1.29, 1.82) is 0 Å². The zero-order valence-corrected chi connectivity index (χ0v) is 15.9. The minimum atomic E-state index is -0.104. The molecule has 4 heteroatoms. The average molecular weight is 352 g/mol. The van der Waals surface area contributed by atoms with Crippen LogP contribution >= 0.6 is 0 Å². The van der Waals surface area contributed by atoms with Crippen molar-refractivity contribution in [3.05, 3.63) is 42.1 Å². The number of piperidine rings is 1. The standard InChI is InChI=1S/C22H28N2O2/c1-22(2,26-3)15-9-12-24(13-10-15)21(25)19-14-18(19)16-8-11-23-20-7-5-4-6-17(16)20/h4-8,11,15,18-19H,9-10,12-14H2,1-3H3/t18-,19+/m0/s1. The number of hydrogen-bond donors (Lipinski definition) is 0. The van der Waals surface area contributed by atoms with Gasteiger partial charge in [-0.05, 0) is 62.6 Å². The summed E-state index contributed by atoms with van der Waals surface area (Å²) >= 11 is 0. The van der Waals surface area contributed by atoms with Crippen LogP contribution in [0.3, 0.4) is 0 Å². The van der Waals surface area contributed by atoms with E-state index in [9.17, 15) is 4.79 Å². The highest BCUT2D eigenvalue weighted by Crippen LogP contribution is 2.50. The molecule has 1 saturated carbocycles. The summed E-state index contributed by atoms with van der Waals surface area (Å²) in [5.41, 5.74) is 2.20. The monoisotopic (exact) mass is 352 g/mol. The SMILES string of the molecule is COC(C)(C)C1CCN(C(=O)[C@@H]2C[C@H]2c2ccnc3ccccc23)CC1. The molecular formula is C22H28N2O2. The minimum absolute atomic E-state index is 0.104. The molecule has 0 bridgehead atoms. The van der Waals surface area contributed by atoms with Crippen LogP contribution < -0.4 is 0 Å². The molecule has 1 aliphatic carbocycles. The number of methoxy groups -OCH3 is 1. The van der Waals surface area contributed by atoms with Crippen LogP contribution in [0.1, 0.15) is 44.6 Å². The third-order valence-corrected chi connectivity index (χ3v) is 6.51. The fourth-order valence-corrected chi connectivity index (χ4v) is 4.45. The van der Waals surface area contributed by atoms with Gasteiger partial charge in [0.2, 0.25) is 5.91 Å². The highest BCUT2D eigenvalue weighted by molar-refractivity contribution is 5.87. The molecule has 2 aliphatic rings. The highest BCUT2D eigenvalue weighted by atomic mass is 16.5. The molecule has 138 valence electrons. The van der Waals surface area contributed by atoms with Crippen molar-refractivity contribution >= 4 is 16.8 Å². The van der Waals surface area contributed by atoms with Crippen LogP contribution in [-0.4, -0.2) is 41.6 Å². The number of likely N-dealkylation sites (tertiary alicyclic amines) is 1. The maximum absolute atomic E-state index is 13.0. The summed E-state index contributed by atoms with van der Waals surface area (Å²) in [6.45, 7) is 6.02. The van der Waals surface area contributed by atoms with Crippen molar-refractivity contribution < 1.29 is 9.53 Å². The first-order valence-corrected chi connectivity index (χ1v) is 9.69. The second-order valence-corrected chi connectivity index (χ2v) is 8.27. The number of para-hydroxylation sites is 1. The van der Waals surface area contributed by atoms with Crippen LogP contribution in [0.5, 0.6) is 0 Å². The van der Waals surface area contributed by atoms with Gasteiger partial charge >= 0.3 is 0 Å². The van der Waals surface area contributed by atoms with Crippen LogP contribution in [0, 0.1) is 11.8 Å². The van der Waals surface area contributed by atoms with Gasteiger partial charge in [-0.15, -0.1) is 0 Å². The van der Waals surface area contributed by atoms with Crippen molar-refractivity contribution in [2.45, 2.75) is 44.6 Å². The molecule has 4 rings (SSSR count). The fraction of sp³-hybridized carbons (Fsp3) is 0.545. The number of rotatable bonds is 4. The Morgan fingerprint density at radius 2 is 1.92 bits per heavy atom. The number of nitrogens with zero attached hydrogens (tertiary/aromatic N) is 2. The number of aromatic nitrogens is 1. The first-order valence-electron chi connectivity index (χ1n) is 9.69. The Hall–Kier alpha value is -1.94. The third-order valence-electron chi connectivity index (χ3n) is 6.51. The Morgan fingerprint density at radius 1 is 1.19 bits per heavy atom. The first-order chi connectivity index (χ1) is 12.5.